The van der Waals surface area contributed by atoms with Gasteiger partial charge in [0.25, 0.3) is 0 Å². The number of carbonyl (C=O) groups is 1. The molecule has 186 valence electrons. The Kier molecular flexibility index (Phi) is 5.75. The van der Waals surface area contributed by atoms with Gasteiger partial charge in [-0.1, -0.05) is 13.8 Å². The summed E-state index contributed by atoms with van der Waals surface area (Å²) < 4.78 is 51.7. The Morgan fingerprint density at radius 2 is 2.06 bits per heavy atom. The van der Waals surface area contributed by atoms with Crippen LogP contribution < -0.4 is 0 Å². The second kappa shape index (κ2) is 8.68. The van der Waals surface area contributed by atoms with E-state index in [1.165, 1.54) is 12.3 Å². The maximum absolute atomic E-state index is 16.1. The van der Waals surface area contributed by atoms with Gasteiger partial charge in [0.1, 0.15) is 5.52 Å². The summed E-state index contributed by atoms with van der Waals surface area (Å²) in [5, 5.41) is 26.3. The number of nitriles is 1. The van der Waals surface area contributed by atoms with E-state index in [4.69, 9.17) is 4.74 Å². The van der Waals surface area contributed by atoms with E-state index < -0.39 is 40.9 Å². The smallest absolute Gasteiger partial charge is 0.332 e. The highest BCUT2D eigenvalue weighted by atomic mass is 19.2. The normalized spacial score (nSPS) is 18.6. The van der Waals surface area contributed by atoms with Crippen LogP contribution >= 0.6 is 0 Å². The third kappa shape index (κ3) is 3.71. The van der Waals surface area contributed by atoms with Crippen LogP contribution in [0.2, 0.25) is 0 Å². The fourth-order valence-corrected chi connectivity index (χ4v) is 5.24. The van der Waals surface area contributed by atoms with Crippen LogP contribution in [0.3, 0.4) is 0 Å². The van der Waals surface area contributed by atoms with Crippen molar-refractivity contribution in [3.63, 3.8) is 0 Å². The highest BCUT2D eigenvalue weighted by molar-refractivity contribution is 6.00. The number of benzene rings is 2. The van der Waals surface area contributed by atoms with Gasteiger partial charge in [-0.25, -0.2) is 18.0 Å². The summed E-state index contributed by atoms with van der Waals surface area (Å²) in [5.41, 5.74) is 1.16. The number of aromatic nitrogens is 3. The SMILES string of the molecule is CC(C)(CC#N)c1c([C@H]2CCC(C(=O)O)OC2)c2c(F)c3[nH]ncc3cc2n1-c1ccc(F)c(F)c1. The minimum atomic E-state index is -1.06. The second-order valence-electron chi connectivity index (χ2n) is 9.77. The number of aromatic amines is 1. The summed E-state index contributed by atoms with van der Waals surface area (Å²) in [6.07, 6.45) is 1.21. The van der Waals surface area contributed by atoms with Crippen molar-refractivity contribution in [2.75, 3.05) is 6.61 Å². The Bertz CT molecular complexity index is 1540. The number of nitrogens with zero attached hydrogens (tertiary/aromatic N) is 3. The van der Waals surface area contributed by atoms with Crippen molar-refractivity contribution in [2.45, 2.75) is 50.5 Å². The number of ether oxygens (including phenoxy) is 1. The van der Waals surface area contributed by atoms with E-state index in [9.17, 15) is 23.9 Å². The minimum absolute atomic E-state index is 0.0317. The Labute approximate surface area is 204 Å². The first-order chi connectivity index (χ1) is 17.1. The lowest BCUT2D eigenvalue weighted by Crippen LogP contribution is -2.32. The molecule has 1 aliphatic heterocycles. The zero-order chi connectivity index (χ0) is 25.8. The van der Waals surface area contributed by atoms with Crippen LogP contribution in [0.1, 0.15) is 50.3 Å². The maximum Gasteiger partial charge on any atom is 0.332 e. The van der Waals surface area contributed by atoms with E-state index in [-0.39, 0.29) is 36.0 Å². The molecule has 7 nitrogen and oxygen atoms in total. The molecule has 0 bridgehead atoms. The molecule has 0 spiro atoms. The summed E-state index contributed by atoms with van der Waals surface area (Å²) in [7, 11) is 0. The van der Waals surface area contributed by atoms with Gasteiger partial charge in [0, 0.05) is 46.0 Å². The van der Waals surface area contributed by atoms with Crippen molar-refractivity contribution in [3.05, 3.63) is 59.2 Å². The number of rotatable bonds is 5. The predicted octanol–water partition coefficient (Wildman–Crippen LogP) is 5.46. The fraction of sp³-hybridized carbons (Fsp3) is 0.346. The molecular formula is C26H23F3N4O3. The van der Waals surface area contributed by atoms with E-state index in [0.717, 1.165) is 12.1 Å². The lowest BCUT2D eigenvalue weighted by Gasteiger charge is -2.32. The molecule has 1 aliphatic rings. The quantitative estimate of drug-likeness (QED) is 0.382. The summed E-state index contributed by atoms with van der Waals surface area (Å²) in [6.45, 7) is 3.70. The lowest BCUT2D eigenvalue weighted by atomic mass is 9.78. The average molecular weight is 496 g/mol. The van der Waals surface area contributed by atoms with Gasteiger partial charge in [-0.2, -0.15) is 10.4 Å². The van der Waals surface area contributed by atoms with Crippen LogP contribution in [0, 0.1) is 28.8 Å². The first kappa shape index (κ1) is 23.9. The van der Waals surface area contributed by atoms with Crippen molar-refractivity contribution in [1.29, 1.82) is 5.26 Å². The molecule has 2 atom stereocenters. The number of hydrogen-bond donors (Lipinski definition) is 2. The summed E-state index contributed by atoms with van der Waals surface area (Å²) in [5.74, 6) is -4.09. The predicted molar refractivity (Wildman–Crippen MR) is 125 cm³/mol. The third-order valence-electron chi connectivity index (χ3n) is 6.93. The molecule has 0 radical (unpaired) electrons. The summed E-state index contributed by atoms with van der Waals surface area (Å²) in [6, 6.07) is 7.35. The van der Waals surface area contributed by atoms with Gasteiger partial charge in [-0.15, -0.1) is 0 Å². The zero-order valence-corrected chi connectivity index (χ0v) is 19.6. The monoisotopic (exact) mass is 496 g/mol. The van der Waals surface area contributed by atoms with Gasteiger partial charge in [-0.05, 0) is 36.6 Å². The fourth-order valence-electron chi connectivity index (χ4n) is 5.24. The van der Waals surface area contributed by atoms with E-state index in [2.05, 4.69) is 16.3 Å². The number of aliphatic carboxylic acids is 1. The van der Waals surface area contributed by atoms with E-state index in [0.29, 0.717) is 28.6 Å². The van der Waals surface area contributed by atoms with Gasteiger partial charge in [0.15, 0.2) is 23.6 Å². The topological polar surface area (TPSA) is 104 Å². The van der Waals surface area contributed by atoms with Crippen LogP contribution in [0.25, 0.3) is 27.5 Å². The van der Waals surface area contributed by atoms with Crippen LogP contribution in [0.5, 0.6) is 0 Å². The molecule has 1 saturated heterocycles. The van der Waals surface area contributed by atoms with Crippen molar-refractivity contribution in [1.82, 2.24) is 14.8 Å². The molecule has 2 aromatic carbocycles. The van der Waals surface area contributed by atoms with E-state index in [1.54, 1.807) is 10.6 Å². The van der Waals surface area contributed by atoms with Crippen LogP contribution in [-0.2, 0) is 14.9 Å². The molecule has 2 aromatic heterocycles. The standard InChI is InChI=1S/C26H23F3N4O3/c1-26(2,7-8-30)24-20(13-3-6-19(25(34)35)36-12-13)21-18(9-14-11-31-32-23(14)22(21)29)33(24)15-4-5-16(27)17(28)10-15/h4-5,9-11,13,19H,3,6-7,12H2,1-2H3,(H,31,32)(H,34,35)/t13-,19?/m0/s1. The Balaban J connectivity index is 1.88. The number of carboxylic acids is 1. The highest BCUT2D eigenvalue weighted by Gasteiger charge is 2.38. The van der Waals surface area contributed by atoms with Crippen LogP contribution in [0.15, 0.2) is 30.5 Å². The molecule has 4 aromatic rings. The molecule has 3 heterocycles. The number of hydrogen-bond acceptors (Lipinski definition) is 4. The van der Waals surface area contributed by atoms with Crippen molar-refractivity contribution >= 4 is 27.8 Å². The Morgan fingerprint density at radius 3 is 2.69 bits per heavy atom. The molecule has 5 rings (SSSR count). The molecule has 1 fully saturated rings. The molecule has 2 N–H and O–H groups in total. The molecule has 10 heteroatoms. The number of fused-ring (bicyclic) bond motifs is 2. The molecule has 0 saturated carbocycles. The number of halogens is 3. The summed E-state index contributed by atoms with van der Waals surface area (Å²) >= 11 is 0. The first-order valence-corrected chi connectivity index (χ1v) is 11.5. The minimum Gasteiger partial charge on any atom is -0.479 e. The van der Waals surface area contributed by atoms with Crippen molar-refractivity contribution in [3.8, 4) is 11.8 Å². The second-order valence-corrected chi connectivity index (χ2v) is 9.77. The molecule has 1 unspecified atom stereocenters. The average Bonchev–Trinajstić information content (AvgIpc) is 3.45. The third-order valence-corrected chi connectivity index (χ3v) is 6.93. The van der Waals surface area contributed by atoms with Gasteiger partial charge < -0.3 is 14.4 Å². The van der Waals surface area contributed by atoms with Crippen LogP contribution in [0.4, 0.5) is 13.2 Å². The molecule has 0 aliphatic carbocycles. The first-order valence-electron chi connectivity index (χ1n) is 11.5. The molecule has 0 amide bonds. The van der Waals surface area contributed by atoms with Crippen LogP contribution in [-0.4, -0.2) is 38.6 Å². The van der Waals surface area contributed by atoms with Gasteiger partial charge in [0.2, 0.25) is 0 Å². The Hall–Kier alpha value is -3.84. The molecular weight excluding hydrogens is 473 g/mol. The van der Waals surface area contributed by atoms with Crippen molar-refractivity contribution < 1.29 is 27.8 Å². The van der Waals surface area contributed by atoms with Gasteiger partial charge >= 0.3 is 5.97 Å². The molecule has 36 heavy (non-hydrogen) atoms. The number of carboxylic acid groups (broad SMARTS) is 1. The van der Waals surface area contributed by atoms with E-state index >= 15 is 4.39 Å². The summed E-state index contributed by atoms with van der Waals surface area (Å²) in [4.78, 5) is 11.4. The number of H-pyrrole nitrogens is 1. The highest BCUT2D eigenvalue weighted by Crippen LogP contribution is 2.46. The van der Waals surface area contributed by atoms with Gasteiger partial charge in [0.05, 0.1) is 24.4 Å². The van der Waals surface area contributed by atoms with E-state index in [1.807, 2.05) is 13.8 Å². The van der Waals surface area contributed by atoms with Crippen molar-refractivity contribution in [2.24, 2.45) is 0 Å². The Morgan fingerprint density at radius 1 is 1.28 bits per heavy atom. The van der Waals surface area contributed by atoms with Gasteiger partial charge in [-0.3, -0.25) is 5.10 Å². The maximum atomic E-state index is 16.1. The zero-order valence-electron chi connectivity index (χ0n) is 19.6. The lowest BCUT2D eigenvalue weighted by molar-refractivity contribution is -0.153. The largest absolute Gasteiger partial charge is 0.479 e. The number of nitrogens with one attached hydrogen (secondary N) is 1.